The van der Waals surface area contributed by atoms with Crippen molar-refractivity contribution < 1.29 is 19.4 Å². The van der Waals surface area contributed by atoms with E-state index in [1.54, 1.807) is 18.2 Å². The Kier molecular flexibility index (Phi) is 5.82. The van der Waals surface area contributed by atoms with Gasteiger partial charge in [-0.25, -0.2) is 4.79 Å². The Labute approximate surface area is 142 Å². The largest absolute Gasteiger partial charge is 0.489 e. The Morgan fingerprint density at radius 1 is 1.12 bits per heavy atom. The number of hydrogen-bond donors (Lipinski definition) is 2. The highest BCUT2D eigenvalue weighted by atomic mass is 16.5. The maximum absolute atomic E-state index is 11.5. The van der Waals surface area contributed by atoms with Crippen LogP contribution in [-0.2, 0) is 18.0 Å². The van der Waals surface area contributed by atoms with E-state index >= 15 is 0 Å². The standard InChI is InChI=1S/C19H23NO4/c1-12-8-14(3)18(9-13(12)2)24-11-16-15(10-21)6-5-7-17(16)20-19(22)23-4/h5-9,21H,10-11H2,1-4H3,(H,20,22). The van der Waals surface area contributed by atoms with Crippen molar-refractivity contribution in [1.29, 1.82) is 0 Å². The molecule has 0 fully saturated rings. The number of aryl methyl sites for hydroxylation is 3. The number of rotatable bonds is 5. The van der Waals surface area contributed by atoms with Crippen LogP contribution in [0.2, 0.25) is 0 Å². The van der Waals surface area contributed by atoms with E-state index in [1.807, 2.05) is 19.9 Å². The first-order chi connectivity index (χ1) is 11.5. The number of aliphatic hydroxyl groups is 1. The zero-order chi connectivity index (χ0) is 17.7. The average molecular weight is 329 g/mol. The van der Waals surface area contributed by atoms with E-state index in [9.17, 15) is 9.90 Å². The molecule has 2 aromatic rings. The lowest BCUT2D eigenvalue weighted by Crippen LogP contribution is -2.14. The van der Waals surface area contributed by atoms with Crippen molar-refractivity contribution >= 4 is 11.8 Å². The van der Waals surface area contributed by atoms with Crippen LogP contribution in [0.15, 0.2) is 30.3 Å². The molecule has 5 nitrogen and oxygen atoms in total. The van der Waals surface area contributed by atoms with Crippen molar-refractivity contribution in [3.05, 3.63) is 58.1 Å². The maximum atomic E-state index is 11.5. The highest BCUT2D eigenvalue weighted by Gasteiger charge is 2.12. The van der Waals surface area contributed by atoms with Crippen LogP contribution in [0.1, 0.15) is 27.8 Å². The second kappa shape index (κ2) is 7.84. The molecule has 0 spiro atoms. The van der Waals surface area contributed by atoms with E-state index in [-0.39, 0.29) is 13.2 Å². The lowest BCUT2D eigenvalue weighted by molar-refractivity contribution is 0.187. The second-order valence-electron chi connectivity index (χ2n) is 5.71. The van der Waals surface area contributed by atoms with Gasteiger partial charge in [-0.2, -0.15) is 0 Å². The molecule has 0 saturated heterocycles. The molecule has 2 N–H and O–H groups in total. The average Bonchev–Trinajstić information content (AvgIpc) is 2.57. The lowest BCUT2D eigenvalue weighted by atomic mass is 10.1. The molecule has 5 heteroatoms. The third kappa shape index (κ3) is 4.06. The van der Waals surface area contributed by atoms with E-state index in [4.69, 9.17) is 4.74 Å². The molecule has 0 aromatic heterocycles. The normalized spacial score (nSPS) is 10.4. The monoisotopic (exact) mass is 329 g/mol. The number of methoxy groups -OCH3 is 1. The summed E-state index contributed by atoms with van der Waals surface area (Å²) in [6.07, 6.45) is -0.561. The number of anilines is 1. The predicted octanol–water partition coefficient (Wildman–Crippen LogP) is 3.86. The van der Waals surface area contributed by atoms with Crippen LogP contribution >= 0.6 is 0 Å². The SMILES string of the molecule is COC(=O)Nc1cccc(CO)c1COc1cc(C)c(C)cc1C. The van der Waals surface area contributed by atoms with Gasteiger partial charge in [-0.3, -0.25) is 5.32 Å². The summed E-state index contributed by atoms with van der Waals surface area (Å²) in [7, 11) is 1.31. The van der Waals surface area contributed by atoms with Crippen molar-refractivity contribution in [2.45, 2.75) is 34.0 Å². The Hall–Kier alpha value is -2.53. The summed E-state index contributed by atoms with van der Waals surface area (Å²) < 4.78 is 10.6. The molecule has 0 aliphatic heterocycles. The molecule has 0 radical (unpaired) electrons. The molecule has 0 saturated carbocycles. The van der Waals surface area contributed by atoms with E-state index in [2.05, 4.69) is 23.0 Å². The van der Waals surface area contributed by atoms with Gasteiger partial charge < -0.3 is 14.6 Å². The maximum Gasteiger partial charge on any atom is 0.411 e. The van der Waals surface area contributed by atoms with Crippen molar-refractivity contribution in [1.82, 2.24) is 0 Å². The van der Waals surface area contributed by atoms with Gasteiger partial charge in [0.05, 0.1) is 19.4 Å². The first-order valence-corrected chi connectivity index (χ1v) is 7.73. The minimum Gasteiger partial charge on any atom is -0.489 e. The van der Waals surface area contributed by atoms with Crippen molar-refractivity contribution in [2.75, 3.05) is 12.4 Å². The van der Waals surface area contributed by atoms with Gasteiger partial charge in [0.1, 0.15) is 12.4 Å². The van der Waals surface area contributed by atoms with E-state index < -0.39 is 6.09 Å². The van der Waals surface area contributed by atoms with Crippen LogP contribution in [0.4, 0.5) is 10.5 Å². The number of carbonyl (C=O) groups is 1. The molecule has 0 unspecified atom stereocenters. The summed E-state index contributed by atoms with van der Waals surface area (Å²) in [4.78, 5) is 11.5. The molecular weight excluding hydrogens is 306 g/mol. The van der Waals surface area contributed by atoms with Crippen LogP contribution < -0.4 is 10.1 Å². The Balaban J connectivity index is 2.28. The fourth-order valence-electron chi connectivity index (χ4n) is 2.47. The number of benzene rings is 2. The fourth-order valence-corrected chi connectivity index (χ4v) is 2.47. The number of amides is 1. The van der Waals surface area contributed by atoms with Crippen LogP contribution in [0, 0.1) is 20.8 Å². The minimum atomic E-state index is -0.561. The zero-order valence-corrected chi connectivity index (χ0v) is 14.5. The number of aliphatic hydroxyl groups excluding tert-OH is 1. The van der Waals surface area contributed by atoms with Crippen molar-refractivity contribution in [3.8, 4) is 5.75 Å². The molecule has 0 atom stereocenters. The van der Waals surface area contributed by atoms with E-state index in [1.165, 1.54) is 12.7 Å². The highest BCUT2D eigenvalue weighted by Crippen LogP contribution is 2.26. The highest BCUT2D eigenvalue weighted by molar-refractivity contribution is 5.85. The Morgan fingerprint density at radius 2 is 1.83 bits per heavy atom. The molecule has 1 amide bonds. The summed E-state index contributed by atoms with van der Waals surface area (Å²) in [6, 6.07) is 9.40. The van der Waals surface area contributed by atoms with Gasteiger partial charge in [0.2, 0.25) is 0 Å². The molecule has 0 aliphatic carbocycles. The van der Waals surface area contributed by atoms with Gasteiger partial charge in [-0.1, -0.05) is 18.2 Å². The minimum absolute atomic E-state index is 0.138. The van der Waals surface area contributed by atoms with E-state index in [0.717, 1.165) is 22.4 Å². The molecule has 0 aliphatic rings. The fraction of sp³-hybridized carbons (Fsp3) is 0.316. The van der Waals surface area contributed by atoms with Gasteiger partial charge in [0.25, 0.3) is 0 Å². The molecule has 0 heterocycles. The smallest absolute Gasteiger partial charge is 0.411 e. The van der Waals surface area contributed by atoms with Gasteiger partial charge in [0, 0.05) is 5.56 Å². The van der Waals surface area contributed by atoms with Crippen LogP contribution in [-0.4, -0.2) is 18.3 Å². The van der Waals surface area contributed by atoms with E-state index in [0.29, 0.717) is 11.3 Å². The third-order valence-electron chi connectivity index (χ3n) is 4.03. The van der Waals surface area contributed by atoms with Gasteiger partial charge in [0.15, 0.2) is 0 Å². The summed E-state index contributed by atoms with van der Waals surface area (Å²) in [5, 5.41) is 12.2. The van der Waals surface area contributed by atoms with Crippen molar-refractivity contribution in [2.24, 2.45) is 0 Å². The molecular formula is C19H23NO4. The summed E-state index contributed by atoms with van der Waals surface area (Å²) in [5.41, 5.74) is 5.40. The second-order valence-corrected chi connectivity index (χ2v) is 5.71. The number of hydrogen-bond acceptors (Lipinski definition) is 4. The number of carbonyl (C=O) groups excluding carboxylic acids is 1. The van der Waals surface area contributed by atoms with Crippen LogP contribution in [0.3, 0.4) is 0 Å². The van der Waals surface area contributed by atoms with Gasteiger partial charge in [-0.15, -0.1) is 0 Å². The van der Waals surface area contributed by atoms with Crippen molar-refractivity contribution in [3.63, 3.8) is 0 Å². The van der Waals surface area contributed by atoms with Gasteiger partial charge in [-0.05, 0) is 55.2 Å². The first-order valence-electron chi connectivity index (χ1n) is 7.73. The summed E-state index contributed by atoms with van der Waals surface area (Å²) in [6.45, 7) is 6.19. The Bertz CT molecular complexity index is 740. The molecule has 0 bridgehead atoms. The molecule has 128 valence electrons. The lowest BCUT2D eigenvalue weighted by Gasteiger charge is -2.17. The first kappa shape index (κ1) is 17.8. The number of nitrogens with one attached hydrogen (secondary N) is 1. The molecule has 24 heavy (non-hydrogen) atoms. The number of ether oxygens (including phenoxy) is 2. The summed E-state index contributed by atoms with van der Waals surface area (Å²) >= 11 is 0. The zero-order valence-electron chi connectivity index (χ0n) is 14.5. The topological polar surface area (TPSA) is 67.8 Å². The molecule has 2 aromatic carbocycles. The Morgan fingerprint density at radius 3 is 2.50 bits per heavy atom. The summed E-state index contributed by atoms with van der Waals surface area (Å²) in [5.74, 6) is 0.787. The third-order valence-corrected chi connectivity index (χ3v) is 4.03. The molecule has 2 rings (SSSR count). The van der Waals surface area contributed by atoms with Crippen LogP contribution in [0.5, 0.6) is 5.75 Å². The quantitative estimate of drug-likeness (QED) is 0.874. The van der Waals surface area contributed by atoms with Crippen LogP contribution in [0.25, 0.3) is 0 Å². The van der Waals surface area contributed by atoms with Gasteiger partial charge >= 0.3 is 6.09 Å². The predicted molar refractivity (Wildman–Crippen MR) is 93.4 cm³/mol.